The number of nitriles is 1. The van der Waals surface area contributed by atoms with E-state index in [4.69, 9.17) is 21.6 Å². The molecule has 0 spiro atoms. The van der Waals surface area contributed by atoms with Gasteiger partial charge in [0.15, 0.2) is 5.78 Å². The van der Waals surface area contributed by atoms with E-state index in [1.807, 2.05) is 6.07 Å². The van der Waals surface area contributed by atoms with Crippen LogP contribution in [0.1, 0.15) is 12.5 Å². The van der Waals surface area contributed by atoms with Crippen molar-refractivity contribution in [3.05, 3.63) is 28.8 Å². The first-order chi connectivity index (χ1) is 6.63. The molecule has 0 bridgehead atoms. The molecule has 0 heterocycles. The summed E-state index contributed by atoms with van der Waals surface area (Å²) < 4.78 is 5.11. The first-order valence-corrected chi connectivity index (χ1v) is 4.33. The number of hydrogen-bond acceptors (Lipinski definition) is 3. The molecule has 0 radical (unpaired) electrons. The Bertz CT molecular complexity index is 396. The number of halogens is 1. The SMILES string of the molecule is CC(=O)COc1cc(Cl)ccc1C#N. The number of ketones is 1. The van der Waals surface area contributed by atoms with Crippen LogP contribution in [0.15, 0.2) is 18.2 Å². The lowest BCUT2D eigenvalue weighted by molar-refractivity contribution is -0.118. The smallest absolute Gasteiger partial charge is 0.167 e. The predicted octanol–water partition coefficient (Wildman–Crippen LogP) is 2.18. The third-order valence-electron chi connectivity index (χ3n) is 1.50. The van der Waals surface area contributed by atoms with Crippen molar-refractivity contribution in [2.24, 2.45) is 0 Å². The van der Waals surface area contributed by atoms with Crippen molar-refractivity contribution in [1.82, 2.24) is 0 Å². The van der Waals surface area contributed by atoms with E-state index in [1.165, 1.54) is 13.0 Å². The lowest BCUT2D eigenvalue weighted by atomic mass is 10.2. The van der Waals surface area contributed by atoms with E-state index in [1.54, 1.807) is 12.1 Å². The second kappa shape index (κ2) is 4.64. The summed E-state index contributed by atoms with van der Waals surface area (Å²) in [6, 6.07) is 6.62. The lowest BCUT2D eigenvalue weighted by Gasteiger charge is -2.05. The average molecular weight is 210 g/mol. The summed E-state index contributed by atoms with van der Waals surface area (Å²) in [5, 5.41) is 9.19. The van der Waals surface area contributed by atoms with E-state index in [0.717, 1.165) is 0 Å². The molecule has 0 amide bonds. The van der Waals surface area contributed by atoms with E-state index in [0.29, 0.717) is 16.3 Å². The molecule has 0 aliphatic carbocycles. The number of rotatable bonds is 3. The van der Waals surface area contributed by atoms with Crippen molar-refractivity contribution < 1.29 is 9.53 Å². The zero-order valence-corrected chi connectivity index (χ0v) is 8.34. The highest BCUT2D eigenvalue weighted by Crippen LogP contribution is 2.22. The zero-order valence-electron chi connectivity index (χ0n) is 7.58. The molecule has 0 unspecified atom stereocenters. The van der Waals surface area contributed by atoms with Crippen LogP contribution in [-0.4, -0.2) is 12.4 Å². The number of Topliss-reactive ketones (excluding diaryl/α,β-unsaturated/α-hetero) is 1. The Morgan fingerprint density at radius 2 is 2.36 bits per heavy atom. The minimum Gasteiger partial charge on any atom is -0.484 e. The maximum Gasteiger partial charge on any atom is 0.167 e. The average Bonchev–Trinajstić information content (AvgIpc) is 2.15. The van der Waals surface area contributed by atoms with Crippen LogP contribution < -0.4 is 4.74 Å². The standard InChI is InChI=1S/C10H8ClNO2/c1-7(13)6-14-10-4-9(11)3-2-8(10)5-12/h2-4H,6H2,1H3. The minimum absolute atomic E-state index is 0.0466. The molecule has 72 valence electrons. The lowest BCUT2D eigenvalue weighted by Crippen LogP contribution is -2.07. The molecule has 1 aromatic carbocycles. The monoisotopic (exact) mass is 209 g/mol. The van der Waals surface area contributed by atoms with Crippen molar-refractivity contribution in [3.63, 3.8) is 0 Å². The molecule has 0 saturated heterocycles. The number of nitrogens with zero attached hydrogens (tertiary/aromatic N) is 1. The van der Waals surface area contributed by atoms with Gasteiger partial charge in [-0.25, -0.2) is 0 Å². The number of benzene rings is 1. The Labute approximate surface area is 86.9 Å². The quantitative estimate of drug-likeness (QED) is 0.767. The van der Waals surface area contributed by atoms with Crippen molar-refractivity contribution in [2.75, 3.05) is 6.61 Å². The van der Waals surface area contributed by atoms with Gasteiger partial charge in [0.2, 0.25) is 0 Å². The molecular formula is C10H8ClNO2. The number of carbonyl (C=O) groups is 1. The van der Waals surface area contributed by atoms with Crippen LogP contribution >= 0.6 is 11.6 Å². The van der Waals surface area contributed by atoms with E-state index >= 15 is 0 Å². The van der Waals surface area contributed by atoms with E-state index in [9.17, 15) is 4.79 Å². The van der Waals surface area contributed by atoms with Gasteiger partial charge in [0.25, 0.3) is 0 Å². The number of carbonyl (C=O) groups excluding carboxylic acids is 1. The molecule has 4 heteroatoms. The van der Waals surface area contributed by atoms with Gasteiger partial charge < -0.3 is 4.74 Å². The molecule has 0 N–H and O–H groups in total. The van der Waals surface area contributed by atoms with Gasteiger partial charge in [-0.1, -0.05) is 11.6 Å². The fraction of sp³-hybridized carbons (Fsp3) is 0.200. The van der Waals surface area contributed by atoms with Crippen LogP contribution in [0.5, 0.6) is 5.75 Å². The molecule has 0 fully saturated rings. The Morgan fingerprint density at radius 3 is 2.93 bits per heavy atom. The third-order valence-corrected chi connectivity index (χ3v) is 1.73. The molecule has 0 aliphatic heterocycles. The van der Waals surface area contributed by atoms with Gasteiger partial charge in [-0.05, 0) is 19.1 Å². The van der Waals surface area contributed by atoms with Crippen LogP contribution in [0.3, 0.4) is 0 Å². The number of hydrogen-bond donors (Lipinski definition) is 0. The summed E-state index contributed by atoms with van der Waals surface area (Å²) in [6.07, 6.45) is 0. The van der Waals surface area contributed by atoms with Crippen molar-refractivity contribution >= 4 is 17.4 Å². The van der Waals surface area contributed by atoms with Crippen LogP contribution in [0.25, 0.3) is 0 Å². The van der Waals surface area contributed by atoms with E-state index in [2.05, 4.69) is 0 Å². The van der Waals surface area contributed by atoms with Gasteiger partial charge in [-0.2, -0.15) is 5.26 Å². The summed E-state index contributed by atoms with van der Waals surface area (Å²) in [5.41, 5.74) is 0.371. The van der Waals surface area contributed by atoms with Gasteiger partial charge in [-0.3, -0.25) is 4.79 Å². The second-order valence-corrected chi connectivity index (χ2v) is 3.18. The Balaban J connectivity index is 2.89. The molecule has 14 heavy (non-hydrogen) atoms. The fourth-order valence-electron chi connectivity index (χ4n) is 0.887. The highest BCUT2D eigenvalue weighted by molar-refractivity contribution is 6.30. The first kappa shape index (κ1) is 10.6. The largest absolute Gasteiger partial charge is 0.484 e. The highest BCUT2D eigenvalue weighted by Gasteiger charge is 2.04. The van der Waals surface area contributed by atoms with Crippen LogP contribution in [-0.2, 0) is 4.79 Å². The summed E-state index contributed by atoms with van der Waals surface area (Å²) in [4.78, 5) is 10.7. The van der Waals surface area contributed by atoms with Gasteiger partial charge >= 0.3 is 0 Å². The molecule has 1 aromatic rings. The minimum atomic E-state index is -0.103. The number of ether oxygens (including phenoxy) is 1. The summed E-state index contributed by atoms with van der Waals surface area (Å²) in [6.45, 7) is 1.37. The molecule has 0 aromatic heterocycles. The van der Waals surface area contributed by atoms with Crippen LogP contribution in [0.2, 0.25) is 5.02 Å². The topological polar surface area (TPSA) is 50.1 Å². The molecule has 3 nitrogen and oxygen atoms in total. The normalized spacial score (nSPS) is 9.21. The van der Waals surface area contributed by atoms with E-state index in [-0.39, 0.29) is 12.4 Å². The molecule has 1 rings (SSSR count). The zero-order chi connectivity index (χ0) is 10.6. The predicted molar refractivity (Wildman–Crippen MR) is 52.3 cm³/mol. The van der Waals surface area contributed by atoms with Gasteiger partial charge in [-0.15, -0.1) is 0 Å². The molecule has 0 saturated carbocycles. The maximum atomic E-state index is 10.7. The summed E-state index contributed by atoms with van der Waals surface area (Å²) in [5.74, 6) is 0.240. The summed E-state index contributed by atoms with van der Waals surface area (Å²) >= 11 is 5.71. The first-order valence-electron chi connectivity index (χ1n) is 3.95. The van der Waals surface area contributed by atoms with Crippen molar-refractivity contribution in [3.8, 4) is 11.8 Å². The Hall–Kier alpha value is -1.53. The molecule has 0 atom stereocenters. The van der Waals surface area contributed by atoms with Crippen molar-refractivity contribution in [1.29, 1.82) is 5.26 Å². The summed E-state index contributed by atoms with van der Waals surface area (Å²) in [7, 11) is 0. The molecular weight excluding hydrogens is 202 g/mol. The highest BCUT2D eigenvalue weighted by atomic mass is 35.5. The molecule has 0 aliphatic rings. The van der Waals surface area contributed by atoms with Crippen LogP contribution in [0, 0.1) is 11.3 Å². The Morgan fingerprint density at radius 1 is 1.64 bits per heavy atom. The van der Waals surface area contributed by atoms with Gasteiger partial charge in [0.1, 0.15) is 18.4 Å². The van der Waals surface area contributed by atoms with Crippen molar-refractivity contribution in [2.45, 2.75) is 6.92 Å². The third kappa shape index (κ3) is 2.75. The fourth-order valence-corrected chi connectivity index (χ4v) is 1.05. The maximum absolute atomic E-state index is 10.7. The Kier molecular flexibility index (Phi) is 3.49. The second-order valence-electron chi connectivity index (χ2n) is 2.74. The van der Waals surface area contributed by atoms with E-state index < -0.39 is 0 Å². The van der Waals surface area contributed by atoms with Crippen LogP contribution in [0.4, 0.5) is 0 Å². The van der Waals surface area contributed by atoms with Gasteiger partial charge in [0.05, 0.1) is 5.56 Å². The van der Waals surface area contributed by atoms with Gasteiger partial charge in [0, 0.05) is 11.1 Å².